The van der Waals surface area contributed by atoms with Crippen molar-refractivity contribution in [3.05, 3.63) is 0 Å². The molecule has 1 aliphatic rings. The summed E-state index contributed by atoms with van der Waals surface area (Å²) >= 11 is 0. The molecule has 0 aromatic heterocycles. The van der Waals surface area contributed by atoms with Crippen molar-refractivity contribution in [3.63, 3.8) is 0 Å². The molecule has 0 aliphatic carbocycles. The van der Waals surface area contributed by atoms with Crippen LogP contribution in [0.4, 0.5) is 4.79 Å². The summed E-state index contributed by atoms with van der Waals surface area (Å²) in [7, 11) is 3.35. The maximum Gasteiger partial charge on any atom is 0.320 e. The Morgan fingerprint density at radius 3 is 2.62 bits per heavy atom. The van der Waals surface area contributed by atoms with Crippen molar-refractivity contribution in [2.24, 2.45) is 5.92 Å². The zero-order valence-electron chi connectivity index (χ0n) is 13.1. The van der Waals surface area contributed by atoms with Crippen LogP contribution in [0.25, 0.3) is 0 Å². The van der Waals surface area contributed by atoms with E-state index < -0.39 is 11.9 Å². The van der Waals surface area contributed by atoms with Crippen LogP contribution < -0.4 is 0 Å². The fourth-order valence-corrected chi connectivity index (χ4v) is 2.49. The molecule has 1 saturated heterocycles. The third kappa shape index (κ3) is 4.86. The van der Waals surface area contributed by atoms with Gasteiger partial charge in [0.25, 0.3) is 0 Å². The molecule has 0 aromatic carbocycles. The van der Waals surface area contributed by atoms with E-state index in [1.54, 1.807) is 24.0 Å². The monoisotopic (exact) mass is 302 g/mol. The van der Waals surface area contributed by atoms with Gasteiger partial charge in [-0.2, -0.15) is 0 Å². The Kier molecular flexibility index (Phi) is 7.45. The summed E-state index contributed by atoms with van der Waals surface area (Å²) in [6.07, 6.45) is 1.53. The molecule has 0 aromatic rings. The number of carbonyl (C=O) groups excluding carboxylic acids is 1. The Morgan fingerprint density at radius 2 is 2.05 bits per heavy atom. The average Bonchev–Trinajstić information content (AvgIpc) is 2.93. The van der Waals surface area contributed by atoms with Crippen molar-refractivity contribution >= 4 is 12.0 Å². The zero-order chi connectivity index (χ0) is 15.8. The Labute approximate surface area is 125 Å². The van der Waals surface area contributed by atoms with Crippen LogP contribution in [0.3, 0.4) is 0 Å². The van der Waals surface area contributed by atoms with Crippen LogP contribution in [0.2, 0.25) is 0 Å². The van der Waals surface area contributed by atoms with Crippen LogP contribution in [0.5, 0.6) is 0 Å². The van der Waals surface area contributed by atoms with E-state index >= 15 is 0 Å². The first kappa shape index (κ1) is 17.7. The van der Waals surface area contributed by atoms with Gasteiger partial charge in [0.1, 0.15) is 5.92 Å². The lowest BCUT2D eigenvalue weighted by Crippen LogP contribution is -2.51. The van der Waals surface area contributed by atoms with Crippen LogP contribution in [-0.2, 0) is 14.3 Å². The van der Waals surface area contributed by atoms with Crippen molar-refractivity contribution in [3.8, 4) is 0 Å². The summed E-state index contributed by atoms with van der Waals surface area (Å²) in [5.41, 5.74) is 0. The zero-order valence-corrected chi connectivity index (χ0v) is 13.1. The Balaban J connectivity index is 2.70. The number of hydrogen-bond acceptors (Lipinski definition) is 4. The normalized spacial score (nSPS) is 21.3. The standard InChI is InChI=1S/C14H26N2O5/c1-4-6-16(12-10-21-9-11(12)13(17)18)14(19)15(2)7-5-8-20-3/h11-12H,4-10H2,1-3H3,(H,17,18). The van der Waals surface area contributed by atoms with Crippen LogP contribution in [0, 0.1) is 5.92 Å². The molecular weight excluding hydrogens is 276 g/mol. The number of ether oxygens (including phenoxy) is 2. The first-order chi connectivity index (χ1) is 10.0. The number of carboxylic acid groups (broad SMARTS) is 1. The van der Waals surface area contributed by atoms with Crippen molar-refractivity contribution in [1.82, 2.24) is 9.80 Å². The fraction of sp³-hybridized carbons (Fsp3) is 0.857. The molecule has 2 atom stereocenters. The molecule has 2 amide bonds. The Morgan fingerprint density at radius 1 is 1.33 bits per heavy atom. The first-order valence-corrected chi connectivity index (χ1v) is 7.34. The SMILES string of the molecule is CCCN(C(=O)N(C)CCCOC)C1COCC1C(=O)O. The number of hydrogen-bond donors (Lipinski definition) is 1. The summed E-state index contributed by atoms with van der Waals surface area (Å²) in [5.74, 6) is -1.55. The molecule has 1 fully saturated rings. The minimum atomic E-state index is -0.909. The first-order valence-electron chi connectivity index (χ1n) is 7.34. The fourth-order valence-electron chi connectivity index (χ4n) is 2.49. The summed E-state index contributed by atoms with van der Waals surface area (Å²) in [6.45, 7) is 4.13. The quantitative estimate of drug-likeness (QED) is 0.674. The number of carboxylic acids is 1. The minimum absolute atomic E-state index is 0.144. The topological polar surface area (TPSA) is 79.3 Å². The van der Waals surface area contributed by atoms with E-state index in [1.165, 1.54) is 0 Å². The number of rotatable bonds is 8. The molecule has 0 saturated carbocycles. The summed E-state index contributed by atoms with van der Waals surface area (Å²) in [6, 6.07) is -0.533. The highest BCUT2D eigenvalue weighted by Gasteiger charge is 2.40. The second-order valence-corrected chi connectivity index (χ2v) is 5.29. The lowest BCUT2D eigenvalue weighted by Gasteiger charge is -2.33. The van der Waals surface area contributed by atoms with Gasteiger partial charge in [-0.25, -0.2) is 4.79 Å². The van der Waals surface area contributed by atoms with E-state index in [9.17, 15) is 14.7 Å². The van der Waals surface area contributed by atoms with Crippen LogP contribution in [-0.4, -0.2) is 80.0 Å². The van der Waals surface area contributed by atoms with Crippen LogP contribution in [0.15, 0.2) is 0 Å². The van der Waals surface area contributed by atoms with E-state index in [2.05, 4.69) is 0 Å². The number of nitrogens with zero attached hydrogens (tertiary/aromatic N) is 2. The Bertz CT molecular complexity index is 350. The molecule has 21 heavy (non-hydrogen) atoms. The van der Waals surface area contributed by atoms with Crippen molar-refractivity contribution < 1.29 is 24.2 Å². The van der Waals surface area contributed by atoms with Gasteiger partial charge in [-0.15, -0.1) is 0 Å². The summed E-state index contributed by atoms with van der Waals surface area (Å²) < 4.78 is 10.3. The molecule has 7 nitrogen and oxygen atoms in total. The van der Waals surface area contributed by atoms with Crippen LogP contribution in [0.1, 0.15) is 19.8 Å². The number of aliphatic carboxylic acids is 1. The number of urea groups is 1. The highest BCUT2D eigenvalue weighted by Crippen LogP contribution is 2.21. The van der Waals surface area contributed by atoms with Gasteiger partial charge in [-0.1, -0.05) is 6.92 Å². The van der Waals surface area contributed by atoms with Gasteiger partial charge in [-0.3, -0.25) is 4.79 Å². The molecule has 1 aliphatic heterocycles. The van der Waals surface area contributed by atoms with Crippen molar-refractivity contribution in [2.75, 3.05) is 47.1 Å². The summed E-state index contributed by atoms with van der Waals surface area (Å²) in [4.78, 5) is 27.1. The van der Waals surface area contributed by atoms with E-state index in [0.717, 1.165) is 12.8 Å². The molecule has 0 spiro atoms. The third-order valence-corrected chi connectivity index (χ3v) is 3.65. The smallest absolute Gasteiger partial charge is 0.320 e. The highest BCUT2D eigenvalue weighted by molar-refractivity contribution is 5.77. The molecule has 0 radical (unpaired) electrons. The minimum Gasteiger partial charge on any atom is -0.481 e. The molecule has 122 valence electrons. The second kappa shape index (κ2) is 8.84. The lowest BCUT2D eigenvalue weighted by molar-refractivity contribution is -0.142. The molecule has 7 heteroatoms. The third-order valence-electron chi connectivity index (χ3n) is 3.65. The van der Waals surface area contributed by atoms with Gasteiger partial charge >= 0.3 is 12.0 Å². The molecule has 0 bridgehead atoms. The average molecular weight is 302 g/mol. The van der Waals surface area contributed by atoms with Crippen molar-refractivity contribution in [1.29, 1.82) is 0 Å². The molecular formula is C14H26N2O5. The van der Waals surface area contributed by atoms with E-state index in [0.29, 0.717) is 19.7 Å². The number of carbonyl (C=O) groups is 2. The predicted octanol–water partition coefficient (Wildman–Crippen LogP) is 0.886. The molecule has 1 heterocycles. The van der Waals surface area contributed by atoms with E-state index in [-0.39, 0.29) is 25.3 Å². The lowest BCUT2D eigenvalue weighted by atomic mass is 10.0. The maximum absolute atomic E-state index is 12.5. The van der Waals surface area contributed by atoms with Crippen LogP contribution >= 0.6 is 0 Å². The van der Waals surface area contributed by atoms with Gasteiger partial charge in [0.15, 0.2) is 0 Å². The maximum atomic E-state index is 12.5. The molecule has 1 N–H and O–H groups in total. The molecule has 1 rings (SSSR count). The van der Waals surface area contributed by atoms with E-state index in [4.69, 9.17) is 9.47 Å². The largest absolute Gasteiger partial charge is 0.481 e. The van der Waals surface area contributed by atoms with Gasteiger partial charge in [0, 0.05) is 33.9 Å². The highest BCUT2D eigenvalue weighted by atomic mass is 16.5. The van der Waals surface area contributed by atoms with Gasteiger partial charge in [0.05, 0.1) is 19.3 Å². The van der Waals surface area contributed by atoms with Gasteiger partial charge < -0.3 is 24.4 Å². The number of amides is 2. The van der Waals surface area contributed by atoms with Gasteiger partial charge in [0.2, 0.25) is 0 Å². The van der Waals surface area contributed by atoms with Gasteiger partial charge in [-0.05, 0) is 12.8 Å². The summed E-state index contributed by atoms with van der Waals surface area (Å²) in [5, 5.41) is 9.25. The predicted molar refractivity (Wildman–Crippen MR) is 77.2 cm³/mol. The molecule has 2 unspecified atom stereocenters. The number of methoxy groups -OCH3 is 1. The van der Waals surface area contributed by atoms with E-state index in [1.807, 2.05) is 6.92 Å². The second-order valence-electron chi connectivity index (χ2n) is 5.29. The van der Waals surface area contributed by atoms with Crippen molar-refractivity contribution in [2.45, 2.75) is 25.8 Å². The Hall–Kier alpha value is -1.34.